The lowest BCUT2D eigenvalue weighted by molar-refractivity contribution is 0.345. The van der Waals surface area contributed by atoms with Crippen LogP contribution >= 0.6 is 0 Å². The summed E-state index contributed by atoms with van der Waals surface area (Å²) in [6.07, 6.45) is 0. The molecule has 2 heterocycles. The van der Waals surface area contributed by atoms with Gasteiger partial charge in [-0.2, -0.15) is 0 Å². The Morgan fingerprint density at radius 1 is 1.27 bits per heavy atom. The molecule has 0 aromatic carbocycles. The van der Waals surface area contributed by atoms with Crippen molar-refractivity contribution in [1.29, 1.82) is 0 Å². The van der Waals surface area contributed by atoms with Crippen molar-refractivity contribution in [3.05, 3.63) is 21.6 Å². The minimum Gasteiger partial charge on any atom is -0.283 e. The summed E-state index contributed by atoms with van der Waals surface area (Å²) in [5, 5.41) is 2.69. The van der Waals surface area contributed by atoms with Crippen molar-refractivity contribution < 1.29 is 8.42 Å². The normalized spacial score (nSPS) is 19.1. The van der Waals surface area contributed by atoms with E-state index in [1.54, 1.807) is 4.68 Å². The number of rotatable bonds is 0. The largest absolute Gasteiger partial charge is 0.283 e. The predicted octanol–water partition coefficient (Wildman–Crippen LogP) is 0.360. The van der Waals surface area contributed by atoms with E-state index in [1.165, 1.54) is 0 Å². The zero-order valence-corrected chi connectivity index (χ0v) is 9.81. The standard InChI is InChI=1S/C9H14N2O3S/c1-9(2,3)11-7-5-15(13,14)4-6(7)8(12)10-11/h4-5H2,1-3H3,(H,10,12). The Kier molecular flexibility index (Phi) is 1.92. The maximum absolute atomic E-state index is 11.5. The van der Waals surface area contributed by atoms with Gasteiger partial charge in [-0.15, -0.1) is 0 Å². The van der Waals surface area contributed by atoms with Crippen LogP contribution in [0.3, 0.4) is 0 Å². The van der Waals surface area contributed by atoms with Crippen LogP contribution in [0.25, 0.3) is 0 Å². The molecule has 1 aliphatic rings. The first-order valence-corrected chi connectivity index (χ1v) is 6.56. The lowest BCUT2D eigenvalue weighted by atomic mass is 10.1. The van der Waals surface area contributed by atoms with E-state index in [1.807, 2.05) is 20.8 Å². The molecular formula is C9H14N2O3S. The van der Waals surface area contributed by atoms with Crippen LogP contribution in [0.1, 0.15) is 32.0 Å². The van der Waals surface area contributed by atoms with Gasteiger partial charge in [-0.3, -0.25) is 14.6 Å². The molecule has 0 fully saturated rings. The minimum atomic E-state index is -3.11. The highest BCUT2D eigenvalue weighted by atomic mass is 32.2. The molecule has 0 saturated heterocycles. The molecule has 1 aromatic heterocycles. The second kappa shape index (κ2) is 2.75. The number of aromatic amines is 1. The van der Waals surface area contributed by atoms with Crippen LogP contribution in [0, 0.1) is 0 Å². The number of aromatic nitrogens is 2. The molecule has 5 nitrogen and oxygen atoms in total. The van der Waals surface area contributed by atoms with Crippen molar-refractivity contribution in [3.63, 3.8) is 0 Å². The average molecular weight is 230 g/mol. The molecule has 84 valence electrons. The molecule has 0 unspecified atom stereocenters. The van der Waals surface area contributed by atoms with E-state index in [-0.39, 0.29) is 22.6 Å². The second-order valence-electron chi connectivity index (χ2n) is 4.90. The van der Waals surface area contributed by atoms with Crippen LogP contribution in [0.5, 0.6) is 0 Å². The summed E-state index contributed by atoms with van der Waals surface area (Å²) in [7, 11) is -3.11. The van der Waals surface area contributed by atoms with Crippen LogP contribution in [0.2, 0.25) is 0 Å². The van der Waals surface area contributed by atoms with Crippen molar-refractivity contribution in [2.75, 3.05) is 0 Å². The monoisotopic (exact) mass is 230 g/mol. The zero-order valence-electron chi connectivity index (χ0n) is 8.99. The van der Waals surface area contributed by atoms with Gasteiger partial charge in [-0.25, -0.2) is 8.42 Å². The van der Waals surface area contributed by atoms with Gasteiger partial charge >= 0.3 is 0 Å². The number of nitrogens with zero attached hydrogens (tertiary/aromatic N) is 1. The average Bonchev–Trinajstić information content (AvgIpc) is 2.45. The van der Waals surface area contributed by atoms with Crippen molar-refractivity contribution in [2.24, 2.45) is 0 Å². The first-order chi connectivity index (χ1) is 6.71. The molecule has 15 heavy (non-hydrogen) atoms. The van der Waals surface area contributed by atoms with Crippen LogP contribution < -0.4 is 5.56 Å². The molecule has 6 heteroatoms. The molecule has 1 aliphatic heterocycles. The van der Waals surface area contributed by atoms with E-state index in [9.17, 15) is 13.2 Å². The molecule has 0 aliphatic carbocycles. The summed E-state index contributed by atoms with van der Waals surface area (Å²) in [5.74, 6) is -0.154. The minimum absolute atomic E-state index is 0.0294. The van der Waals surface area contributed by atoms with E-state index in [0.717, 1.165) is 0 Å². The topological polar surface area (TPSA) is 71.9 Å². The third kappa shape index (κ3) is 1.62. The smallest absolute Gasteiger partial charge is 0.268 e. The summed E-state index contributed by atoms with van der Waals surface area (Å²) in [4.78, 5) is 11.5. The highest BCUT2D eigenvalue weighted by Gasteiger charge is 2.33. The van der Waals surface area contributed by atoms with Crippen LogP contribution in [0.15, 0.2) is 4.79 Å². The number of fused-ring (bicyclic) bond motifs is 1. The predicted molar refractivity (Wildman–Crippen MR) is 56.4 cm³/mol. The molecular weight excluding hydrogens is 216 g/mol. The first-order valence-electron chi connectivity index (χ1n) is 4.74. The molecule has 0 atom stereocenters. The molecule has 0 radical (unpaired) electrons. The van der Waals surface area contributed by atoms with E-state index in [2.05, 4.69) is 5.10 Å². The maximum atomic E-state index is 11.5. The molecule has 0 amide bonds. The van der Waals surface area contributed by atoms with E-state index in [0.29, 0.717) is 11.3 Å². The first kappa shape index (κ1) is 10.5. The third-order valence-corrected chi connectivity index (χ3v) is 3.94. The molecule has 0 spiro atoms. The Labute approximate surface area is 88.0 Å². The quantitative estimate of drug-likeness (QED) is 0.699. The Hall–Kier alpha value is -1.04. The molecule has 1 aromatic rings. The number of hydrogen-bond donors (Lipinski definition) is 1. The highest BCUT2D eigenvalue weighted by Crippen LogP contribution is 2.26. The number of H-pyrrole nitrogens is 1. The van der Waals surface area contributed by atoms with E-state index in [4.69, 9.17) is 0 Å². The van der Waals surface area contributed by atoms with Gasteiger partial charge in [-0.1, -0.05) is 0 Å². The van der Waals surface area contributed by atoms with Crippen LogP contribution in [0.4, 0.5) is 0 Å². The Bertz CT molecular complexity index is 557. The Balaban J connectivity index is 2.67. The Morgan fingerprint density at radius 2 is 1.87 bits per heavy atom. The second-order valence-corrected chi connectivity index (χ2v) is 6.97. The van der Waals surface area contributed by atoms with Crippen molar-refractivity contribution in [3.8, 4) is 0 Å². The van der Waals surface area contributed by atoms with E-state index >= 15 is 0 Å². The van der Waals surface area contributed by atoms with Crippen LogP contribution in [-0.2, 0) is 26.9 Å². The Morgan fingerprint density at radius 3 is 2.40 bits per heavy atom. The lowest BCUT2D eigenvalue weighted by Crippen LogP contribution is -2.27. The number of sulfone groups is 1. The third-order valence-electron chi connectivity index (χ3n) is 2.50. The van der Waals surface area contributed by atoms with Crippen molar-refractivity contribution >= 4 is 9.84 Å². The fraction of sp³-hybridized carbons (Fsp3) is 0.667. The molecule has 0 bridgehead atoms. The fourth-order valence-corrected chi connectivity index (χ4v) is 3.41. The molecule has 1 N–H and O–H groups in total. The SMILES string of the molecule is CC(C)(C)n1[nH]c(=O)c2c1CS(=O)(=O)C2. The van der Waals surface area contributed by atoms with Gasteiger partial charge in [-0.05, 0) is 20.8 Å². The number of hydrogen-bond acceptors (Lipinski definition) is 3. The molecule has 0 saturated carbocycles. The van der Waals surface area contributed by atoms with Gasteiger partial charge in [0.15, 0.2) is 9.84 Å². The summed E-state index contributed by atoms with van der Waals surface area (Å²) in [5.41, 5.74) is 0.450. The number of nitrogens with one attached hydrogen (secondary N) is 1. The summed E-state index contributed by atoms with van der Waals surface area (Å²) >= 11 is 0. The summed E-state index contributed by atoms with van der Waals surface area (Å²) in [6, 6.07) is 0. The zero-order chi connectivity index (χ0) is 11.4. The van der Waals surface area contributed by atoms with Gasteiger partial charge in [0.25, 0.3) is 5.56 Å². The fourth-order valence-electron chi connectivity index (χ4n) is 1.85. The van der Waals surface area contributed by atoms with Crippen LogP contribution in [-0.4, -0.2) is 18.2 Å². The lowest BCUT2D eigenvalue weighted by Gasteiger charge is -2.22. The van der Waals surface area contributed by atoms with Crippen molar-refractivity contribution in [2.45, 2.75) is 37.8 Å². The maximum Gasteiger partial charge on any atom is 0.268 e. The summed E-state index contributed by atoms with van der Waals surface area (Å²) < 4.78 is 24.5. The van der Waals surface area contributed by atoms with Gasteiger partial charge < -0.3 is 0 Å². The van der Waals surface area contributed by atoms with Gasteiger partial charge in [0.1, 0.15) is 0 Å². The van der Waals surface area contributed by atoms with Crippen molar-refractivity contribution in [1.82, 2.24) is 9.78 Å². The summed E-state index contributed by atoms with van der Waals surface area (Å²) in [6.45, 7) is 5.77. The van der Waals surface area contributed by atoms with Gasteiger partial charge in [0.2, 0.25) is 0 Å². The van der Waals surface area contributed by atoms with E-state index < -0.39 is 9.84 Å². The molecule has 2 rings (SSSR count). The highest BCUT2D eigenvalue weighted by molar-refractivity contribution is 7.90. The van der Waals surface area contributed by atoms with Gasteiger partial charge in [0.05, 0.1) is 28.3 Å². The van der Waals surface area contributed by atoms with Gasteiger partial charge in [0, 0.05) is 0 Å².